The second-order valence-corrected chi connectivity index (χ2v) is 6.38. The predicted octanol–water partition coefficient (Wildman–Crippen LogP) is 5.80. The smallest absolute Gasteiger partial charge is 0.248 e. The van der Waals surface area contributed by atoms with Gasteiger partial charge in [-0.25, -0.2) is 4.98 Å². The van der Waals surface area contributed by atoms with Crippen molar-refractivity contribution in [2.75, 3.05) is 5.32 Å². The number of aromatic nitrogens is 1. The normalized spacial score (nSPS) is 11.1. The summed E-state index contributed by atoms with van der Waals surface area (Å²) < 4.78 is 5.75. The number of fused-ring (bicyclic) bond motifs is 1. The lowest BCUT2D eigenvalue weighted by Crippen LogP contribution is -2.07. The van der Waals surface area contributed by atoms with Crippen LogP contribution in [0.2, 0.25) is 5.02 Å². The number of nitrogens with one attached hydrogen (secondary N) is 1. The van der Waals surface area contributed by atoms with E-state index in [0.717, 1.165) is 11.1 Å². The summed E-state index contributed by atoms with van der Waals surface area (Å²) in [6, 6.07) is 22.3. The third-order valence-electron chi connectivity index (χ3n) is 3.98. The topological polar surface area (TPSA) is 55.1 Å². The van der Waals surface area contributed by atoms with E-state index in [1.807, 2.05) is 54.6 Å². The average molecular weight is 375 g/mol. The van der Waals surface area contributed by atoms with Crippen molar-refractivity contribution >= 4 is 40.4 Å². The second-order valence-electron chi connectivity index (χ2n) is 5.94. The van der Waals surface area contributed by atoms with Crippen molar-refractivity contribution in [3.8, 4) is 11.5 Å². The Labute approximate surface area is 161 Å². The van der Waals surface area contributed by atoms with Gasteiger partial charge in [-0.05, 0) is 54.1 Å². The molecule has 0 saturated heterocycles. The van der Waals surface area contributed by atoms with Gasteiger partial charge >= 0.3 is 0 Å². The average Bonchev–Trinajstić information content (AvgIpc) is 3.11. The molecule has 4 nitrogen and oxygen atoms in total. The van der Waals surface area contributed by atoms with Crippen molar-refractivity contribution in [2.24, 2.45) is 0 Å². The Hall–Kier alpha value is -3.37. The number of hydrogen-bond donors (Lipinski definition) is 1. The van der Waals surface area contributed by atoms with E-state index in [1.54, 1.807) is 24.3 Å². The molecule has 27 heavy (non-hydrogen) atoms. The molecule has 1 heterocycles. The number of amides is 1. The molecule has 0 spiro atoms. The van der Waals surface area contributed by atoms with Gasteiger partial charge in [0.1, 0.15) is 5.52 Å². The van der Waals surface area contributed by atoms with Crippen LogP contribution in [0.1, 0.15) is 5.56 Å². The molecule has 0 fully saturated rings. The molecule has 4 rings (SSSR count). The molecule has 0 aliphatic rings. The zero-order valence-electron chi connectivity index (χ0n) is 14.2. The number of halogens is 1. The summed E-state index contributed by atoms with van der Waals surface area (Å²) in [4.78, 5) is 16.5. The number of benzene rings is 3. The van der Waals surface area contributed by atoms with Gasteiger partial charge in [0, 0.05) is 22.3 Å². The van der Waals surface area contributed by atoms with Gasteiger partial charge in [-0.3, -0.25) is 4.79 Å². The van der Waals surface area contributed by atoms with E-state index in [4.69, 9.17) is 16.0 Å². The van der Waals surface area contributed by atoms with Gasteiger partial charge in [-0.15, -0.1) is 0 Å². The number of hydrogen-bond acceptors (Lipinski definition) is 3. The molecule has 0 saturated carbocycles. The van der Waals surface area contributed by atoms with E-state index < -0.39 is 0 Å². The summed E-state index contributed by atoms with van der Waals surface area (Å²) >= 11 is 5.98. The molecule has 1 N–H and O–H groups in total. The van der Waals surface area contributed by atoms with E-state index >= 15 is 0 Å². The van der Waals surface area contributed by atoms with Crippen LogP contribution in [0.25, 0.3) is 28.6 Å². The molecule has 1 aromatic heterocycles. The van der Waals surface area contributed by atoms with Crippen LogP contribution in [0.3, 0.4) is 0 Å². The summed E-state index contributed by atoms with van der Waals surface area (Å²) in [5.74, 6) is 0.317. The molecule has 0 unspecified atom stereocenters. The fourth-order valence-corrected chi connectivity index (χ4v) is 2.81. The van der Waals surface area contributed by atoms with E-state index in [9.17, 15) is 4.79 Å². The van der Waals surface area contributed by atoms with E-state index in [0.29, 0.717) is 27.7 Å². The Morgan fingerprint density at radius 2 is 1.78 bits per heavy atom. The third kappa shape index (κ3) is 4.07. The molecule has 0 atom stereocenters. The maximum atomic E-state index is 12.0. The van der Waals surface area contributed by atoms with Gasteiger partial charge < -0.3 is 9.73 Å². The Morgan fingerprint density at radius 3 is 2.56 bits per heavy atom. The first-order chi connectivity index (χ1) is 13.2. The zero-order chi connectivity index (χ0) is 18.6. The number of oxazole rings is 1. The molecular weight excluding hydrogens is 360 g/mol. The minimum atomic E-state index is -0.192. The van der Waals surface area contributed by atoms with E-state index in [1.165, 1.54) is 6.08 Å². The molecule has 132 valence electrons. The maximum absolute atomic E-state index is 12.0. The SMILES string of the molecule is O=C(C=Cc1ccccc1)Nc1ccc(-c2nc3cc(Cl)ccc3o2)cc1. The van der Waals surface area contributed by atoms with Gasteiger partial charge in [0.05, 0.1) is 0 Å². The summed E-state index contributed by atoms with van der Waals surface area (Å²) in [5, 5.41) is 3.45. The van der Waals surface area contributed by atoms with Crippen molar-refractivity contribution < 1.29 is 9.21 Å². The van der Waals surface area contributed by atoms with Crippen molar-refractivity contribution in [1.82, 2.24) is 4.98 Å². The van der Waals surface area contributed by atoms with Crippen molar-refractivity contribution in [3.63, 3.8) is 0 Å². The molecule has 0 bridgehead atoms. The van der Waals surface area contributed by atoms with Crippen molar-refractivity contribution in [3.05, 3.63) is 89.5 Å². The van der Waals surface area contributed by atoms with Crippen LogP contribution in [0.15, 0.2) is 83.3 Å². The fraction of sp³-hybridized carbons (Fsp3) is 0. The number of rotatable bonds is 4. The van der Waals surface area contributed by atoms with Gasteiger partial charge in [0.25, 0.3) is 0 Å². The predicted molar refractivity (Wildman–Crippen MR) is 109 cm³/mol. The van der Waals surface area contributed by atoms with Gasteiger partial charge in [0.2, 0.25) is 11.8 Å². The fourth-order valence-electron chi connectivity index (χ4n) is 2.64. The summed E-state index contributed by atoms with van der Waals surface area (Å²) in [6.45, 7) is 0. The molecule has 3 aromatic carbocycles. The summed E-state index contributed by atoms with van der Waals surface area (Å²) in [5.41, 5.74) is 3.87. The lowest BCUT2D eigenvalue weighted by molar-refractivity contribution is -0.111. The van der Waals surface area contributed by atoms with Crippen molar-refractivity contribution in [1.29, 1.82) is 0 Å². The molecule has 0 aliphatic carbocycles. The quantitative estimate of drug-likeness (QED) is 0.459. The molecule has 1 amide bonds. The Balaban J connectivity index is 1.46. The van der Waals surface area contributed by atoms with Gasteiger partial charge in [-0.1, -0.05) is 41.9 Å². The molecule has 0 aliphatic heterocycles. The number of nitrogens with zero attached hydrogens (tertiary/aromatic N) is 1. The highest BCUT2D eigenvalue weighted by atomic mass is 35.5. The first-order valence-corrected chi connectivity index (χ1v) is 8.76. The first-order valence-electron chi connectivity index (χ1n) is 8.38. The Kier molecular flexibility index (Phi) is 4.73. The van der Waals surface area contributed by atoms with E-state index in [2.05, 4.69) is 10.3 Å². The highest BCUT2D eigenvalue weighted by molar-refractivity contribution is 6.31. The largest absolute Gasteiger partial charge is 0.436 e. The number of anilines is 1. The maximum Gasteiger partial charge on any atom is 0.248 e. The minimum absolute atomic E-state index is 0.192. The van der Waals surface area contributed by atoms with Crippen LogP contribution in [-0.2, 0) is 4.79 Å². The van der Waals surface area contributed by atoms with Gasteiger partial charge in [0.15, 0.2) is 5.58 Å². The standard InChI is InChI=1S/C22H15ClN2O2/c23-17-9-12-20-19(14-17)25-22(27-20)16-7-10-18(11-8-16)24-21(26)13-6-15-4-2-1-3-5-15/h1-14H,(H,24,26). The van der Waals surface area contributed by atoms with E-state index in [-0.39, 0.29) is 5.91 Å². The van der Waals surface area contributed by atoms with Crippen LogP contribution in [-0.4, -0.2) is 10.9 Å². The highest BCUT2D eigenvalue weighted by Gasteiger charge is 2.09. The number of carbonyl (C=O) groups excluding carboxylic acids is 1. The van der Waals surface area contributed by atoms with Crippen LogP contribution in [0, 0.1) is 0 Å². The lowest BCUT2D eigenvalue weighted by atomic mass is 10.2. The monoisotopic (exact) mass is 374 g/mol. The summed E-state index contributed by atoms with van der Waals surface area (Å²) in [7, 11) is 0. The zero-order valence-corrected chi connectivity index (χ0v) is 15.0. The van der Waals surface area contributed by atoms with Gasteiger partial charge in [-0.2, -0.15) is 0 Å². The van der Waals surface area contributed by atoms with Crippen LogP contribution in [0.4, 0.5) is 5.69 Å². The first kappa shape index (κ1) is 17.1. The molecule has 0 radical (unpaired) electrons. The minimum Gasteiger partial charge on any atom is -0.436 e. The second kappa shape index (κ2) is 7.48. The van der Waals surface area contributed by atoms with Crippen LogP contribution in [0.5, 0.6) is 0 Å². The molecule has 5 heteroatoms. The summed E-state index contributed by atoms with van der Waals surface area (Å²) in [6.07, 6.45) is 3.28. The van der Waals surface area contributed by atoms with Crippen LogP contribution >= 0.6 is 11.6 Å². The Morgan fingerprint density at radius 1 is 1.00 bits per heavy atom. The number of carbonyl (C=O) groups is 1. The molecular formula is C22H15ClN2O2. The lowest BCUT2D eigenvalue weighted by Gasteiger charge is -2.03. The van der Waals surface area contributed by atoms with Crippen LogP contribution < -0.4 is 5.32 Å². The molecule has 4 aromatic rings. The highest BCUT2D eigenvalue weighted by Crippen LogP contribution is 2.27. The Bertz CT molecular complexity index is 1120. The third-order valence-corrected chi connectivity index (χ3v) is 4.21. The van der Waals surface area contributed by atoms with Crippen molar-refractivity contribution in [2.45, 2.75) is 0 Å².